The predicted octanol–water partition coefficient (Wildman–Crippen LogP) is 3.25. The SMILES string of the molecule is COc1ccc(N2CCN(c3nc4ccccn4c(=O)c3C=C(C#N)C(=O)NCc3ccccc3)CC2)cc1. The Balaban J connectivity index is 1.43. The zero-order chi connectivity index (χ0) is 27.2. The summed E-state index contributed by atoms with van der Waals surface area (Å²) in [6.45, 7) is 2.94. The average molecular weight is 521 g/mol. The van der Waals surface area contributed by atoms with Gasteiger partial charge in [-0.2, -0.15) is 5.26 Å². The molecular weight excluding hydrogens is 492 g/mol. The third-order valence-electron chi connectivity index (χ3n) is 6.72. The van der Waals surface area contributed by atoms with Crippen molar-refractivity contribution in [1.82, 2.24) is 14.7 Å². The Morgan fingerprint density at radius 3 is 2.38 bits per heavy atom. The minimum atomic E-state index is -0.547. The van der Waals surface area contributed by atoms with Gasteiger partial charge in [0.1, 0.15) is 28.9 Å². The highest BCUT2D eigenvalue weighted by Gasteiger charge is 2.24. The number of piperazine rings is 1. The lowest BCUT2D eigenvalue weighted by Crippen LogP contribution is -2.47. The molecule has 1 saturated heterocycles. The summed E-state index contributed by atoms with van der Waals surface area (Å²) in [5.74, 6) is 0.717. The van der Waals surface area contributed by atoms with E-state index in [4.69, 9.17) is 9.72 Å². The predicted molar refractivity (Wildman–Crippen MR) is 151 cm³/mol. The average Bonchev–Trinajstić information content (AvgIpc) is 3.00. The van der Waals surface area contributed by atoms with Gasteiger partial charge in [-0.15, -0.1) is 0 Å². The van der Waals surface area contributed by atoms with Crippen LogP contribution in [0.15, 0.2) is 89.4 Å². The molecule has 2 aromatic heterocycles. The molecule has 1 amide bonds. The van der Waals surface area contributed by atoms with Gasteiger partial charge >= 0.3 is 0 Å². The van der Waals surface area contributed by atoms with Gasteiger partial charge in [0.15, 0.2) is 0 Å². The van der Waals surface area contributed by atoms with Crippen LogP contribution < -0.4 is 25.4 Å². The van der Waals surface area contributed by atoms with Crippen molar-refractivity contribution in [3.63, 3.8) is 0 Å². The Morgan fingerprint density at radius 2 is 1.69 bits per heavy atom. The van der Waals surface area contributed by atoms with Gasteiger partial charge in [0.25, 0.3) is 11.5 Å². The molecule has 9 nitrogen and oxygen atoms in total. The van der Waals surface area contributed by atoms with Crippen molar-refractivity contribution in [2.75, 3.05) is 43.1 Å². The Bertz CT molecular complexity index is 1600. The quantitative estimate of drug-likeness (QED) is 0.295. The number of nitrogens with one attached hydrogen (secondary N) is 1. The standard InChI is InChI=1S/C30H28N6O3/c1-39-25-12-10-24(11-13-25)34-15-17-35(18-16-34)28-26(30(38)36-14-6-5-9-27(36)33-28)19-23(20-31)29(37)32-21-22-7-3-2-4-8-22/h2-14,19H,15-18,21H2,1H3,(H,32,37). The first-order chi connectivity index (χ1) is 19.1. The van der Waals surface area contributed by atoms with Crippen LogP contribution in [-0.2, 0) is 11.3 Å². The zero-order valence-electron chi connectivity index (χ0n) is 21.6. The maximum Gasteiger partial charge on any atom is 0.267 e. The van der Waals surface area contributed by atoms with Gasteiger partial charge < -0.3 is 19.9 Å². The van der Waals surface area contributed by atoms with Crippen LogP contribution in [0.4, 0.5) is 11.5 Å². The molecule has 1 N–H and O–H groups in total. The summed E-state index contributed by atoms with van der Waals surface area (Å²) in [4.78, 5) is 35.6. The molecule has 39 heavy (non-hydrogen) atoms. The molecule has 0 aliphatic carbocycles. The number of nitrogens with zero attached hydrogens (tertiary/aromatic N) is 5. The third kappa shape index (κ3) is 5.60. The lowest BCUT2D eigenvalue weighted by molar-refractivity contribution is -0.117. The number of amides is 1. The summed E-state index contributed by atoms with van der Waals surface area (Å²) in [6.07, 6.45) is 3.00. The second-order valence-electron chi connectivity index (χ2n) is 9.09. The van der Waals surface area contributed by atoms with Crippen LogP contribution in [0.5, 0.6) is 5.75 Å². The molecule has 5 rings (SSSR count). The zero-order valence-corrected chi connectivity index (χ0v) is 21.6. The topological polar surface area (TPSA) is 103 Å². The van der Waals surface area contributed by atoms with E-state index in [0.29, 0.717) is 37.6 Å². The van der Waals surface area contributed by atoms with Crippen molar-refractivity contribution in [2.24, 2.45) is 0 Å². The Hall–Kier alpha value is -5.10. The van der Waals surface area contributed by atoms with Crippen molar-refractivity contribution in [1.29, 1.82) is 5.26 Å². The lowest BCUT2D eigenvalue weighted by atomic mass is 10.1. The van der Waals surface area contributed by atoms with Gasteiger partial charge in [-0.1, -0.05) is 36.4 Å². The van der Waals surface area contributed by atoms with Gasteiger partial charge in [0, 0.05) is 44.6 Å². The van der Waals surface area contributed by atoms with E-state index < -0.39 is 5.91 Å². The van der Waals surface area contributed by atoms with Crippen LogP contribution in [0.3, 0.4) is 0 Å². The van der Waals surface area contributed by atoms with Crippen LogP contribution in [0.25, 0.3) is 11.7 Å². The second kappa shape index (κ2) is 11.5. The number of fused-ring (bicyclic) bond motifs is 1. The number of aromatic nitrogens is 2. The van der Waals surface area contributed by atoms with Gasteiger partial charge in [-0.25, -0.2) is 4.98 Å². The van der Waals surface area contributed by atoms with Gasteiger partial charge in [0.2, 0.25) is 0 Å². The largest absolute Gasteiger partial charge is 0.497 e. The minimum absolute atomic E-state index is 0.154. The molecule has 0 bridgehead atoms. The number of rotatable bonds is 7. The van der Waals surface area contributed by atoms with E-state index in [0.717, 1.165) is 17.0 Å². The molecule has 9 heteroatoms. The first-order valence-corrected chi connectivity index (χ1v) is 12.7. The number of ether oxygens (including phenoxy) is 1. The maximum absolute atomic E-state index is 13.6. The summed E-state index contributed by atoms with van der Waals surface area (Å²) in [7, 11) is 1.64. The van der Waals surface area contributed by atoms with E-state index in [-0.39, 0.29) is 23.2 Å². The molecule has 4 aromatic rings. The summed E-state index contributed by atoms with van der Waals surface area (Å²) in [6, 6.07) is 24.6. The number of hydrogen-bond acceptors (Lipinski definition) is 7. The number of carbonyl (C=O) groups is 1. The van der Waals surface area contributed by atoms with Gasteiger partial charge in [0.05, 0.1) is 12.7 Å². The van der Waals surface area contributed by atoms with Crippen molar-refractivity contribution in [3.8, 4) is 11.8 Å². The van der Waals surface area contributed by atoms with E-state index in [9.17, 15) is 14.9 Å². The van der Waals surface area contributed by atoms with Gasteiger partial charge in [-0.05, 0) is 48.0 Å². The molecule has 0 saturated carbocycles. The molecule has 2 aromatic carbocycles. The number of nitriles is 1. The molecule has 3 heterocycles. The van der Waals surface area contributed by atoms with E-state index in [1.54, 1.807) is 25.4 Å². The fraction of sp³-hybridized carbons (Fsp3) is 0.200. The maximum atomic E-state index is 13.6. The molecular formula is C30H28N6O3. The van der Waals surface area contributed by atoms with Crippen LogP contribution in [-0.4, -0.2) is 48.6 Å². The van der Waals surface area contributed by atoms with E-state index >= 15 is 0 Å². The minimum Gasteiger partial charge on any atom is -0.497 e. The van der Waals surface area contributed by atoms with Crippen LogP contribution in [0.1, 0.15) is 11.1 Å². The number of anilines is 2. The molecule has 0 unspecified atom stereocenters. The molecule has 0 radical (unpaired) electrons. The van der Waals surface area contributed by atoms with Gasteiger partial charge in [-0.3, -0.25) is 14.0 Å². The molecule has 0 spiro atoms. The summed E-state index contributed by atoms with van der Waals surface area (Å²) in [5, 5.41) is 12.6. The molecule has 196 valence electrons. The number of hydrogen-bond donors (Lipinski definition) is 1. The smallest absolute Gasteiger partial charge is 0.267 e. The Kier molecular flexibility index (Phi) is 7.55. The van der Waals surface area contributed by atoms with Crippen molar-refractivity contribution < 1.29 is 9.53 Å². The highest BCUT2D eigenvalue weighted by atomic mass is 16.5. The summed E-state index contributed by atoms with van der Waals surface area (Å²) >= 11 is 0. The summed E-state index contributed by atoms with van der Waals surface area (Å²) in [5.41, 5.74) is 2.22. The van der Waals surface area contributed by atoms with E-state index in [1.165, 1.54) is 10.5 Å². The van der Waals surface area contributed by atoms with E-state index in [1.807, 2.05) is 71.6 Å². The Labute approximate surface area is 226 Å². The number of pyridine rings is 1. The van der Waals surface area contributed by atoms with Crippen LogP contribution >= 0.6 is 0 Å². The fourth-order valence-electron chi connectivity index (χ4n) is 4.59. The van der Waals surface area contributed by atoms with Crippen molar-refractivity contribution >= 4 is 29.1 Å². The highest BCUT2D eigenvalue weighted by molar-refractivity contribution is 6.02. The first-order valence-electron chi connectivity index (χ1n) is 12.7. The molecule has 0 atom stereocenters. The van der Waals surface area contributed by atoms with E-state index in [2.05, 4.69) is 10.2 Å². The Morgan fingerprint density at radius 1 is 1.00 bits per heavy atom. The lowest BCUT2D eigenvalue weighted by Gasteiger charge is -2.37. The summed E-state index contributed by atoms with van der Waals surface area (Å²) < 4.78 is 6.69. The number of methoxy groups -OCH3 is 1. The number of benzene rings is 2. The molecule has 1 aliphatic rings. The second-order valence-corrected chi connectivity index (χ2v) is 9.09. The normalized spacial score (nSPS) is 13.7. The highest BCUT2D eigenvalue weighted by Crippen LogP contribution is 2.24. The molecule has 1 fully saturated rings. The fourth-order valence-corrected chi connectivity index (χ4v) is 4.59. The van der Waals surface area contributed by atoms with Crippen molar-refractivity contribution in [3.05, 3.63) is 106 Å². The van der Waals surface area contributed by atoms with Crippen LogP contribution in [0.2, 0.25) is 0 Å². The first kappa shape index (κ1) is 25.5. The number of carbonyl (C=O) groups excluding carboxylic acids is 1. The van der Waals surface area contributed by atoms with Crippen molar-refractivity contribution in [2.45, 2.75) is 6.54 Å². The molecule has 1 aliphatic heterocycles. The van der Waals surface area contributed by atoms with Crippen LogP contribution in [0, 0.1) is 11.3 Å². The third-order valence-corrected chi connectivity index (χ3v) is 6.72. The monoisotopic (exact) mass is 520 g/mol.